The molecule has 5 atom stereocenters. The predicted molar refractivity (Wildman–Crippen MR) is 162 cm³/mol. The molecule has 0 aromatic heterocycles. The maximum absolute atomic E-state index is 13.0. The minimum Gasteiger partial charge on any atom is -0.485 e. The van der Waals surface area contributed by atoms with E-state index in [0.717, 1.165) is 38.0 Å². The number of hydrogen-bond donors (Lipinski definition) is 3. The monoisotopic (exact) mass is 596 g/mol. The highest BCUT2D eigenvalue weighted by molar-refractivity contribution is 5.85. The Hall–Kier alpha value is -2.00. The molecule has 1 aromatic rings. The standard InChI is InChI=1S/C30H44N4O4.2ClH/c1-18(2)14-19(15-25(35)32-33-29(3,4)5)17-31-28(36)37-23-11-10-20-16-22-21-8-7-9-24-30(21,12-13-34(22)6)26(20)27(23)38-24;;/h7-8,10-11,18-19,21-22,24,33H,9,12-17H2,1-6H3,(H,31,36)(H,32,35);2*1H/t19-,21?,22?,24-,30+;;/m0../s1. The lowest BCUT2D eigenvalue weighted by molar-refractivity contribution is -0.123. The molecule has 3 N–H and O–H groups in total. The van der Waals surface area contributed by atoms with E-state index in [-0.39, 0.29) is 53.7 Å². The van der Waals surface area contributed by atoms with Crippen molar-refractivity contribution in [2.45, 2.75) is 89.8 Å². The number of likely N-dealkylation sites (N-methyl/N-ethyl adjacent to an activating group) is 1. The second kappa shape index (κ2) is 12.5. The topological polar surface area (TPSA) is 91.9 Å². The molecular formula is C30H46Cl2N4O4. The molecule has 2 unspecified atom stereocenters. The first-order valence-corrected chi connectivity index (χ1v) is 14.2. The molecule has 224 valence electrons. The molecule has 2 aliphatic carbocycles. The van der Waals surface area contributed by atoms with Crippen molar-refractivity contribution in [1.82, 2.24) is 21.1 Å². The van der Waals surface area contributed by atoms with Crippen LogP contribution in [0.2, 0.25) is 0 Å². The summed E-state index contributed by atoms with van der Waals surface area (Å²) in [5.74, 6) is 1.99. The van der Waals surface area contributed by atoms with Gasteiger partial charge in [-0.3, -0.25) is 10.2 Å². The fourth-order valence-corrected chi connectivity index (χ4v) is 7.12. The number of benzene rings is 1. The van der Waals surface area contributed by atoms with Crippen LogP contribution in [-0.4, -0.2) is 54.7 Å². The molecule has 2 bridgehead atoms. The van der Waals surface area contributed by atoms with Crippen molar-refractivity contribution < 1.29 is 19.1 Å². The van der Waals surface area contributed by atoms with Gasteiger partial charge >= 0.3 is 6.09 Å². The molecule has 2 amide bonds. The highest BCUT2D eigenvalue weighted by Crippen LogP contribution is 2.62. The average molecular weight is 598 g/mol. The number of piperidine rings is 1. The van der Waals surface area contributed by atoms with Crippen molar-refractivity contribution in [1.29, 1.82) is 0 Å². The van der Waals surface area contributed by atoms with E-state index in [2.05, 4.69) is 60.2 Å². The van der Waals surface area contributed by atoms with Gasteiger partial charge in [0.05, 0.1) is 0 Å². The van der Waals surface area contributed by atoms with Crippen LogP contribution in [0.25, 0.3) is 0 Å². The van der Waals surface area contributed by atoms with Gasteiger partial charge in [0.15, 0.2) is 11.5 Å². The van der Waals surface area contributed by atoms with E-state index in [0.29, 0.717) is 36.6 Å². The van der Waals surface area contributed by atoms with Crippen LogP contribution < -0.4 is 25.6 Å². The Kier molecular flexibility index (Phi) is 10.1. The zero-order chi connectivity index (χ0) is 27.2. The molecule has 1 saturated heterocycles. The molecule has 2 heterocycles. The van der Waals surface area contributed by atoms with Gasteiger partial charge in [-0.1, -0.05) is 32.1 Å². The Bertz CT molecular complexity index is 1120. The molecule has 1 fully saturated rings. The van der Waals surface area contributed by atoms with Gasteiger partial charge in [-0.25, -0.2) is 10.2 Å². The Morgan fingerprint density at radius 3 is 2.67 bits per heavy atom. The van der Waals surface area contributed by atoms with Crippen molar-refractivity contribution in [2.24, 2.45) is 17.8 Å². The molecule has 8 nitrogen and oxygen atoms in total. The average Bonchev–Trinajstić information content (AvgIpc) is 3.18. The zero-order valence-corrected chi connectivity index (χ0v) is 26.2. The highest BCUT2D eigenvalue weighted by atomic mass is 35.5. The van der Waals surface area contributed by atoms with E-state index in [9.17, 15) is 9.59 Å². The highest BCUT2D eigenvalue weighted by Gasteiger charge is 2.62. The van der Waals surface area contributed by atoms with Crippen molar-refractivity contribution in [3.63, 3.8) is 0 Å². The van der Waals surface area contributed by atoms with Gasteiger partial charge in [-0.05, 0) is 77.1 Å². The summed E-state index contributed by atoms with van der Waals surface area (Å²) in [5.41, 5.74) is 8.15. The van der Waals surface area contributed by atoms with E-state index >= 15 is 0 Å². The third kappa shape index (κ3) is 6.25. The van der Waals surface area contributed by atoms with E-state index < -0.39 is 6.09 Å². The Morgan fingerprint density at radius 2 is 1.98 bits per heavy atom. The summed E-state index contributed by atoms with van der Waals surface area (Å²) in [5, 5.41) is 2.92. The number of carbonyl (C=O) groups excluding carboxylic acids is 2. The van der Waals surface area contributed by atoms with Crippen LogP contribution in [0.1, 0.15) is 71.4 Å². The fourth-order valence-electron chi connectivity index (χ4n) is 7.12. The minimum absolute atomic E-state index is 0. The van der Waals surface area contributed by atoms with Crippen LogP contribution in [0.3, 0.4) is 0 Å². The summed E-state index contributed by atoms with van der Waals surface area (Å²) in [6, 6.07) is 4.50. The third-order valence-electron chi connectivity index (χ3n) is 8.68. The summed E-state index contributed by atoms with van der Waals surface area (Å²) in [6.07, 6.45) is 8.33. The Morgan fingerprint density at radius 1 is 1.23 bits per heavy atom. The number of likely N-dealkylation sites (tertiary alicyclic amines) is 1. The lowest BCUT2D eigenvalue weighted by atomic mass is 9.54. The lowest BCUT2D eigenvalue weighted by Crippen LogP contribution is -2.62. The number of nitrogens with one attached hydrogen (secondary N) is 3. The van der Waals surface area contributed by atoms with Crippen molar-refractivity contribution in [2.75, 3.05) is 20.1 Å². The van der Waals surface area contributed by atoms with Crippen LogP contribution in [0.4, 0.5) is 4.79 Å². The number of hydrazine groups is 1. The van der Waals surface area contributed by atoms with E-state index in [1.807, 2.05) is 26.8 Å². The number of rotatable bonds is 8. The van der Waals surface area contributed by atoms with Gasteiger partial charge in [-0.15, -0.1) is 24.8 Å². The number of halogens is 2. The first-order chi connectivity index (χ1) is 18.0. The summed E-state index contributed by atoms with van der Waals surface area (Å²) in [6.45, 7) is 11.6. The van der Waals surface area contributed by atoms with Crippen LogP contribution >= 0.6 is 24.8 Å². The second-order valence-electron chi connectivity index (χ2n) is 13.2. The first-order valence-electron chi connectivity index (χ1n) is 14.2. The maximum Gasteiger partial charge on any atom is 0.412 e. The van der Waals surface area contributed by atoms with E-state index in [4.69, 9.17) is 9.47 Å². The van der Waals surface area contributed by atoms with Crippen molar-refractivity contribution in [3.05, 3.63) is 35.4 Å². The fraction of sp³-hybridized carbons (Fsp3) is 0.667. The quantitative estimate of drug-likeness (QED) is 0.291. The smallest absolute Gasteiger partial charge is 0.412 e. The van der Waals surface area contributed by atoms with Crippen LogP contribution in [0, 0.1) is 17.8 Å². The van der Waals surface area contributed by atoms with Crippen LogP contribution in [0.15, 0.2) is 24.3 Å². The molecule has 2 aliphatic heterocycles. The third-order valence-corrected chi connectivity index (χ3v) is 8.68. The minimum atomic E-state index is -0.508. The Labute approximate surface area is 251 Å². The van der Waals surface area contributed by atoms with Gasteiger partial charge in [0.2, 0.25) is 5.91 Å². The van der Waals surface area contributed by atoms with Gasteiger partial charge in [0.1, 0.15) is 6.10 Å². The van der Waals surface area contributed by atoms with Crippen LogP contribution in [0.5, 0.6) is 11.5 Å². The number of nitrogens with zero attached hydrogens (tertiary/aromatic N) is 1. The number of ether oxygens (including phenoxy) is 2. The zero-order valence-electron chi connectivity index (χ0n) is 24.5. The van der Waals surface area contributed by atoms with Crippen molar-refractivity contribution >= 4 is 36.8 Å². The predicted octanol–water partition coefficient (Wildman–Crippen LogP) is 4.93. The largest absolute Gasteiger partial charge is 0.485 e. The number of hydrogen-bond acceptors (Lipinski definition) is 6. The SMILES string of the molecule is CC(C)C[C@H](CNC(=O)Oc1ccc2c3c1O[C@H]1CC=CC4C(C2)N(C)CC[C@@]341)CC(=O)NNC(C)(C)C.Cl.Cl. The van der Waals surface area contributed by atoms with Crippen molar-refractivity contribution in [3.8, 4) is 11.5 Å². The maximum atomic E-state index is 13.0. The van der Waals surface area contributed by atoms with Gasteiger partial charge < -0.3 is 19.7 Å². The molecule has 4 aliphatic rings. The summed E-state index contributed by atoms with van der Waals surface area (Å²) < 4.78 is 12.5. The molecule has 0 radical (unpaired) electrons. The molecule has 40 heavy (non-hydrogen) atoms. The summed E-state index contributed by atoms with van der Waals surface area (Å²) in [4.78, 5) is 27.9. The summed E-state index contributed by atoms with van der Waals surface area (Å²) >= 11 is 0. The van der Waals surface area contributed by atoms with Gasteiger partial charge in [0.25, 0.3) is 0 Å². The number of amides is 2. The normalized spacial score (nSPS) is 26.5. The molecule has 5 rings (SSSR count). The molecule has 1 aromatic carbocycles. The Balaban J connectivity index is 0.00000220. The molecule has 10 heteroatoms. The van der Waals surface area contributed by atoms with Gasteiger partial charge in [0, 0.05) is 47.9 Å². The first kappa shape index (κ1) is 32.5. The van der Waals surface area contributed by atoms with Crippen LogP contribution in [-0.2, 0) is 16.6 Å². The molecule has 0 saturated carbocycles. The van der Waals surface area contributed by atoms with E-state index in [1.54, 1.807) is 0 Å². The lowest BCUT2D eigenvalue weighted by Gasteiger charge is -2.55. The number of carbonyl (C=O) groups is 2. The van der Waals surface area contributed by atoms with Gasteiger partial charge in [-0.2, -0.15) is 0 Å². The summed E-state index contributed by atoms with van der Waals surface area (Å²) in [7, 11) is 2.23. The van der Waals surface area contributed by atoms with E-state index in [1.165, 1.54) is 11.1 Å². The second-order valence-corrected chi connectivity index (χ2v) is 13.2. The molecular weight excluding hydrogens is 551 g/mol. The molecule has 1 spiro atoms.